The Hall–Kier alpha value is -2.83. The zero-order chi connectivity index (χ0) is 20.5. The number of hydrogen-bond acceptors (Lipinski definition) is 3. The van der Waals surface area contributed by atoms with Gasteiger partial charge < -0.3 is 5.32 Å². The maximum atomic E-state index is 13.3. The van der Waals surface area contributed by atoms with Crippen LogP contribution in [-0.2, 0) is 11.2 Å². The minimum Gasteiger partial charge on any atom is -0.361 e. The van der Waals surface area contributed by atoms with Gasteiger partial charge in [0.25, 0.3) is 0 Å². The van der Waals surface area contributed by atoms with Crippen LogP contribution in [0.2, 0.25) is 5.02 Å². The van der Waals surface area contributed by atoms with Crippen LogP contribution >= 0.6 is 11.6 Å². The van der Waals surface area contributed by atoms with Crippen molar-refractivity contribution in [2.45, 2.75) is 44.9 Å². The molecule has 0 bridgehead atoms. The summed E-state index contributed by atoms with van der Waals surface area (Å²) >= 11 is 6.02. The molecular formula is C25H23ClN2O. The van der Waals surface area contributed by atoms with Crippen molar-refractivity contribution in [3.63, 3.8) is 0 Å². The summed E-state index contributed by atoms with van der Waals surface area (Å²) < 4.78 is 0. The Morgan fingerprint density at radius 3 is 2.34 bits per heavy atom. The van der Waals surface area contributed by atoms with E-state index >= 15 is 0 Å². The van der Waals surface area contributed by atoms with Crippen LogP contribution < -0.4 is 5.32 Å². The summed E-state index contributed by atoms with van der Waals surface area (Å²) in [4.78, 5) is 13.3. The molecule has 0 fully saturated rings. The molecular weight excluding hydrogens is 380 g/mol. The van der Waals surface area contributed by atoms with Crippen molar-refractivity contribution in [1.82, 2.24) is 5.32 Å². The number of carbonyl (C=O) groups is 1. The van der Waals surface area contributed by atoms with E-state index in [1.807, 2.05) is 31.2 Å². The Balaban J connectivity index is 1.75. The highest BCUT2D eigenvalue weighted by Gasteiger charge is 2.38. The van der Waals surface area contributed by atoms with E-state index in [0.29, 0.717) is 17.0 Å². The first-order valence-electron chi connectivity index (χ1n) is 10.00. The first kappa shape index (κ1) is 19.5. The van der Waals surface area contributed by atoms with Crippen molar-refractivity contribution in [1.29, 1.82) is 5.26 Å². The molecule has 0 amide bonds. The van der Waals surface area contributed by atoms with Crippen LogP contribution in [0.15, 0.2) is 71.1 Å². The fourth-order valence-electron chi connectivity index (χ4n) is 4.44. The molecule has 1 heterocycles. The molecule has 2 aromatic carbocycles. The lowest BCUT2D eigenvalue weighted by Gasteiger charge is -2.35. The van der Waals surface area contributed by atoms with Crippen LogP contribution in [0.25, 0.3) is 0 Å². The average molecular weight is 403 g/mol. The number of nitriles is 1. The van der Waals surface area contributed by atoms with Gasteiger partial charge in [-0.15, -0.1) is 0 Å². The molecule has 0 aromatic heterocycles. The molecule has 1 aliphatic carbocycles. The number of carbonyl (C=O) groups excluding carboxylic acids is 1. The standard InChI is InChI=1S/C25H23ClN2O/c1-3-16-4-6-18(7-5-16)24-21(14-27)15(2)28-22-12-19(13-23(29)25(22)24)17-8-10-20(26)11-9-17/h4-11,19,24,28H,3,12-13H2,1-2H3/t19-,24-/m0/s1. The third kappa shape index (κ3) is 3.61. The number of benzene rings is 2. The van der Waals surface area contributed by atoms with E-state index in [-0.39, 0.29) is 17.6 Å². The number of nitrogens with zero attached hydrogens (tertiary/aromatic N) is 1. The van der Waals surface area contributed by atoms with E-state index in [0.717, 1.165) is 40.9 Å². The number of rotatable bonds is 3. The highest BCUT2D eigenvalue weighted by atomic mass is 35.5. The van der Waals surface area contributed by atoms with Crippen LogP contribution in [0.1, 0.15) is 55.2 Å². The monoisotopic (exact) mass is 402 g/mol. The third-order valence-corrected chi connectivity index (χ3v) is 6.26. The number of Topliss-reactive ketones (excluding diaryl/α,β-unsaturated/α-hetero) is 1. The molecule has 0 saturated heterocycles. The predicted molar refractivity (Wildman–Crippen MR) is 115 cm³/mol. The second-order valence-electron chi connectivity index (χ2n) is 7.78. The summed E-state index contributed by atoms with van der Waals surface area (Å²) in [6, 6.07) is 18.4. The predicted octanol–water partition coefficient (Wildman–Crippen LogP) is 5.79. The van der Waals surface area contributed by atoms with E-state index in [1.165, 1.54) is 5.56 Å². The van der Waals surface area contributed by atoms with Crippen LogP contribution in [0.3, 0.4) is 0 Å². The molecule has 1 aliphatic heterocycles. The highest BCUT2D eigenvalue weighted by molar-refractivity contribution is 6.30. The molecule has 0 saturated carbocycles. The molecule has 29 heavy (non-hydrogen) atoms. The van der Waals surface area contributed by atoms with Crippen LogP contribution in [-0.4, -0.2) is 5.78 Å². The summed E-state index contributed by atoms with van der Waals surface area (Å²) in [5.74, 6) is -0.0603. The number of nitrogens with one attached hydrogen (secondary N) is 1. The minimum absolute atomic E-state index is 0.114. The molecule has 0 radical (unpaired) electrons. The number of aryl methyl sites for hydroxylation is 1. The first-order chi connectivity index (χ1) is 14.0. The quantitative estimate of drug-likeness (QED) is 0.707. The number of dihydropyridines is 1. The summed E-state index contributed by atoms with van der Waals surface area (Å²) in [6.45, 7) is 4.04. The minimum atomic E-state index is -0.291. The molecule has 3 nitrogen and oxygen atoms in total. The maximum absolute atomic E-state index is 13.3. The Labute approximate surface area is 176 Å². The zero-order valence-corrected chi connectivity index (χ0v) is 17.4. The molecule has 146 valence electrons. The average Bonchev–Trinajstić information content (AvgIpc) is 2.73. The number of hydrogen-bond donors (Lipinski definition) is 1. The van der Waals surface area contributed by atoms with Gasteiger partial charge in [0, 0.05) is 28.4 Å². The van der Waals surface area contributed by atoms with Gasteiger partial charge in [0.2, 0.25) is 0 Å². The van der Waals surface area contributed by atoms with Gasteiger partial charge in [-0.05, 0) is 54.5 Å². The van der Waals surface area contributed by atoms with E-state index in [1.54, 1.807) is 0 Å². The van der Waals surface area contributed by atoms with Gasteiger partial charge in [-0.3, -0.25) is 4.79 Å². The van der Waals surface area contributed by atoms with Gasteiger partial charge in [0.1, 0.15) is 0 Å². The van der Waals surface area contributed by atoms with Gasteiger partial charge in [0.05, 0.1) is 17.6 Å². The summed E-state index contributed by atoms with van der Waals surface area (Å²) in [5, 5.41) is 13.9. The number of ketones is 1. The van der Waals surface area contributed by atoms with E-state index in [4.69, 9.17) is 11.6 Å². The highest BCUT2D eigenvalue weighted by Crippen LogP contribution is 2.45. The Morgan fingerprint density at radius 1 is 1.07 bits per heavy atom. The molecule has 2 aliphatic rings. The van der Waals surface area contributed by atoms with Crippen LogP contribution in [0, 0.1) is 11.3 Å². The van der Waals surface area contributed by atoms with Crippen LogP contribution in [0.5, 0.6) is 0 Å². The van der Waals surface area contributed by atoms with Crippen molar-refractivity contribution in [3.8, 4) is 6.07 Å². The van der Waals surface area contributed by atoms with E-state index < -0.39 is 0 Å². The lowest BCUT2D eigenvalue weighted by atomic mass is 9.72. The second-order valence-corrected chi connectivity index (χ2v) is 8.21. The third-order valence-electron chi connectivity index (χ3n) is 6.01. The zero-order valence-electron chi connectivity index (χ0n) is 16.6. The van der Waals surface area contributed by atoms with Gasteiger partial charge in [-0.1, -0.05) is 54.9 Å². The van der Waals surface area contributed by atoms with E-state index in [9.17, 15) is 10.1 Å². The first-order valence-corrected chi connectivity index (χ1v) is 10.4. The molecule has 0 spiro atoms. The van der Waals surface area contributed by atoms with Gasteiger partial charge in [-0.2, -0.15) is 5.26 Å². The lowest BCUT2D eigenvalue weighted by Crippen LogP contribution is -2.33. The Bertz CT molecular complexity index is 1060. The van der Waals surface area contributed by atoms with Gasteiger partial charge >= 0.3 is 0 Å². The lowest BCUT2D eigenvalue weighted by molar-refractivity contribution is -0.116. The smallest absolute Gasteiger partial charge is 0.162 e. The molecule has 2 aromatic rings. The SMILES string of the molecule is CCc1ccc([C@H]2C(C#N)=C(C)NC3=C2C(=O)C[C@@H](c2ccc(Cl)cc2)C3)cc1. The van der Waals surface area contributed by atoms with E-state index in [2.05, 4.69) is 42.6 Å². The molecule has 0 unspecified atom stereocenters. The summed E-state index contributed by atoms with van der Waals surface area (Å²) in [6.07, 6.45) is 2.16. The second kappa shape index (κ2) is 7.89. The van der Waals surface area contributed by atoms with Gasteiger partial charge in [0.15, 0.2) is 5.78 Å². The fraction of sp³-hybridized carbons (Fsp3) is 0.280. The fourth-order valence-corrected chi connectivity index (χ4v) is 4.56. The maximum Gasteiger partial charge on any atom is 0.162 e. The Morgan fingerprint density at radius 2 is 1.72 bits per heavy atom. The van der Waals surface area contributed by atoms with Crippen molar-refractivity contribution < 1.29 is 4.79 Å². The normalized spacial score (nSPS) is 21.5. The largest absolute Gasteiger partial charge is 0.361 e. The molecule has 4 rings (SSSR count). The van der Waals surface area contributed by atoms with Crippen LogP contribution in [0.4, 0.5) is 0 Å². The molecule has 2 atom stereocenters. The van der Waals surface area contributed by atoms with Crippen molar-refractivity contribution in [2.24, 2.45) is 0 Å². The van der Waals surface area contributed by atoms with Crippen molar-refractivity contribution in [2.75, 3.05) is 0 Å². The van der Waals surface area contributed by atoms with Crippen molar-refractivity contribution in [3.05, 3.63) is 92.8 Å². The molecule has 1 N–H and O–H groups in total. The summed E-state index contributed by atoms with van der Waals surface area (Å²) in [7, 11) is 0. The molecule has 4 heteroatoms. The summed E-state index contributed by atoms with van der Waals surface area (Å²) in [5.41, 5.74) is 6.53. The van der Waals surface area contributed by atoms with Crippen molar-refractivity contribution >= 4 is 17.4 Å². The number of allylic oxidation sites excluding steroid dienone is 4. The van der Waals surface area contributed by atoms with Gasteiger partial charge in [-0.25, -0.2) is 0 Å². The topological polar surface area (TPSA) is 52.9 Å². The Kier molecular flexibility index (Phi) is 5.30. The number of halogens is 1.